The minimum Gasteiger partial charge on any atom is -0.389 e. The average Bonchev–Trinajstić information content (AvgIpc) is 2.33. The molecule has 7 nitrogen and oxygen atoms in total. The lowest BCUT2D eigenvalue weighted by molar-refractivity contribution is -0.384. The van der Waals surface area contributed by atoms with Crippen molar-refractivity contribution in [3.63, 3.8) is 0 Å². The van der Waals surface area contributed by atoms with Crippen molar-refractivity contribution in [2.45, 2.75) is 32.8 Å². The number of aromatic nitrogens is 1. The summed E-state index contributed by atoms with van der Waals surface area (Å²) in [5.41, 5.74) is -1.03. The predicted molar refractivity (Wildman–Crippen MR) is 79.2 cm³/mol. The highest BCUT2D eigenvalue weighted by Gasteiger charge is 2.24. The number of anilines is 2. The van der Waals surface area contributed by atoms with Crippen molar-refractivity contribution < 1.29 is 10.0 Å². The summed E-state index contributed by atoms with van der Waals surface area (Å²) in [6, 6.07) is 3.02. The zero-order valence-corrected chi connectivity index (χ0v) is 12.4. The number of aliphatic hydroxyl groups is 1. The van der Waals surface area contributed by atoms with Gasteiger partial charge in [-0.15, -0.1) is 0 Å². The van der Waals surface area contributed by atoms with E-state index < -0.39 is 10.5 Å². The van der Waals surface area contributed by atoms with Gasteiger partial charge in [-0.25, -0.2) is 4.98 Å². The molecule has 0 aliphatic heterocycles. The number of pyridine rings is 1. The van der Waals surface area contributed by atoms with Crippen LogP contribution in [-0.2, 0) is 0 Å². The Morgan fingerprint density at radius 2 is 2.15 bits per heavy atom. The van der Waals surface area contributed by atoms with Crippen LogP contribution in [0.1, 0.15) is 27.2 Å². The van der Waals surface area contributed by atoms with Gasteiger partial charge in [0.2, 0.25) is 5.82 Å². The molecule has 0 spiro atoms. The molecule has 1 aromatic rings. The second kappa shape index (κ2) is 6.51. The molecule has 0 saturated carbocycles. The van der Waals surface area contributed by atoms with Crippen LogP contribution in [0.3, 0.4) is 0 Å². The topological polar surface area (TPSA) is 91.5 Å². The van der Waals surface area contributed by atoms with Crippen LogP contribution in [0.15, 0.2) is 12.1 Å². The van der Waals surface area contributed by atoms with E-state index in [0.29, 0.717) is 5.82 Å². The maximum Gasteiger partial charge on any atom is 0.311 e. The van der Waals surface area contributed by atoms with Crippen molar-refractivity contribution in [3.05, 3.63) is 22.2 Å². The number of rotatable bonds is 7. The van der Waals surface area contributed by atoms with E-state index in [1.807, 2.05) is 6.92 Å². The number of nitrogens with one attached hydrogen (secondary N) is 1. The first-order chi connectivity index (χ1) is 9.24. The molecule has 1 aromatic heterocycles. The normalized spacial score (nSPS) is 11.2. The maximum absolute atomic E-state index is 11.1. The molecule has 0 amide bonds. The zero-order valence-electron chi connectivity index (χ0n) is 12.4. The molecule has 0 fully saturated rings. The Hall–Kier alpha value is -1.89. The van der Waals surface area contributed by atoms with Crippen molar-refractivity contribution in [1.82, 2.24) is 4.98 Å². The summed E-state index contributed by atoms with van der Waals surface area (Å²) in [4.78, 5) is 16.5. The summed E-state index contributed by atoms with van der Waals surface area (Å²) in [6.07, 6.45) is 0.938. The highest BCUT2D eigenvalue weighted by molar-refractivity contribution is 5.61. The minimum absolute atomic E-state index is 0.0706. The second-order valence-corrected chi connectivity index (χ2v) is 5.39. The highest BCUT2D eigenvalue weighted by Crippen LogP contribution is 2.27. The predicted octanol–water partition coefficient (Wildman–Crippen LogP) is 2.02. The van der Waals surface area contributed by atoms with Crippen LogP contribution in [-0.4, -0.2) is 40.8 Å². The Morgan fingerprint density at radius 3 is 2.65 bits per heavy atom. The molecule has 0 bridgehead atoms. The molecule has 0 aliphatic rings. The van der Waals surface area contributed by atoms with Crippen LogP contribution < -0.4 is 10.2 Å². The van der Waals surface area contributed by atoms with Gasteiger partial charge in [-0.3, -0.25) is 10.1 Å². The molecule has 7 heteroatoms. The quantitative estimate of drug-likeness (QED) is 0.587. The van der Waals surface area contributed by atoms with Crippen LogP contribution in [0.4, 0.5) is 17.3 Å². The fourth-order valence-electron chi connectivity index (χ4n) is 1.87. The SMILES string of the molecule is CCCNc1ccc([N+](=O)[O-])c(N(C)CC(C)(C)O)n1. The first kappa shape index (κ1) is 16.2. The Morgan fingerprint density at radius 1 is 1.50 bits per heavy atom. The molecule has 0 radical (unpaired) electrons. The van der Waals surface area contributed by atoms with Gasteiger partial charge in [-0.2, -0.15) is 0 Å². The van der Waals surface area contributed by atoms with Crippen LogP contribution in [0, 0.1) is 10.1 Å². The number of hydrogen-bond acceptors (Lipinski definition) is 6. The summed E-state index contributed by atoms with van der Waals surface area (Å²) in [6.45, 7) is 6.32. The maximum atomic E-state index is 11.1. The van der Waals surface area contributed by atoms with Gasteiger partial charge in [0.15, 0.2) is 0 Å². The Kier molecular flexibility index (Phi) is 5.26. The van der Waals surface area contributed by atoms with Crippen molar-refractivity contribution in [3.8, 4) is 0 Å². The van der Waals surface area contributed by atoms with Crippen LogP contribution >= 0.6 is 0 Å². The van der Waals surface area contributed by atoms with E-state index >= 15 is 0 Å². The van der Waals surface area contributed by atoms with Gasteiger partial charge in [-0.05, 0) is 26.3 Å². The van der Waals surface area contributed by atoms with Gasteiger partial charge in [-0.1, -0.05) is 6.92 Å². The summed E-state index contributed by atoms with van der Waals surface area (Å²) >= 11 is 0. The molecule has 0 aromatic carbocycles. The molecule has 1 rings (SSSR count). The molecule has 0 saturated heterocycles. The number of nitro groups is 1. The van der Waals surface area contributed by atoms with Crippen molar-refractivity contribution in [2.75, 3.05) is 30.4 Å². The first-order valence-corrected chi connectivity index (χ1v) is 6.57. The van der Waals surface area contributed by atoms with Gasteiger partial charge in [0.1, 0.15) is 5.82 Å². The fourth-order valence-corrected chi connectivity index (χ4v) is 1.87. The average molecular weight is 282 g/mol. The number of nitrogens with zero attached hydrogens (tertiary/aromatic N) is 3. The Bertz CT molecular complexity index is 471. The van der Waals surface area contributed by atoms with Crippen molar-refractivity contribution in [2.24, 2.45) is 0 Å². The summed E-state index contributed by atoms with van der Waals surface area (Å²) in [5, 5.41) is 24.0. The molecule has 0 atom stereocenters. The van der Waals surface area contributed by atoms with E-state index in [-0.39, 0.29) is 18.1 Å². The van der Waals surface area contributed by atoms with E-state index in [2.05, 4.69) is 10.3 Å². The van der Waals surface area contributed by atoms with E-state index in [1.54, 1.807) is 31.9 Å². The molecular formula is C13H22N4O3. The third-order valence-electron chi connectivity index (χ3n) is 2.59. The van der Waals surface area contributed by atoms with Gasteiger partial charge in [0.05, 0.1) is 10.5 Å². The lowest BCUT2D eigenvalue weighted by Gasteiger charge is -2.26. The number of hydrogen-bond donors (Lipinski definition) is 2. The zero-order chi connectivity index (χ0) is 15.3. The van der Waals surface area contributed by atoms with E-state index in [4.69, 9.17) is 0 Å². The third kappa shape index (κ3) is 4.65. The molecule has 0 unspecified atom stereocenters. The molecule has 1 heterocycles. The summed E-state index contributed by atoms with van der Waals surface area (Å²) in [5.74, 6) is 0.841. The molecular weight excluding hydrogens is 260 g/mol. The van der Waals surface area contributed by atoms with E-state index in [1.165, 1.54) is 6.07 Å². The van der Waals surface area contributed by atoms with Gasteiger partial charge in [0.25, 0.3) is 0 Å². The first-order valence-electron chi connectivity index (χ1n) is 6.57. The van der Waals surface area contributed by atoms with Crippen molar-refractivity contribution >= 4 is 17.3 Å². The monoisotopic (exact) mass is 282 g/mol. The molecule has 112 valence electrons. The van der Waals surface area contributed by atoms with Crippen LogP contribution in [0.2, 0.25) is 0 Å². The highest BCUT2D eigenvalue weighted by atomic mass is 16.6. The van der Waals surface area contributed by atoms with Gasteiger partial charge < -0.3 is 15.3 Å². The standard InChI is InChI=1S/C13H22N4O3/c1-5-8-14-11-7-6-10(17(19)20)12(15-11)16(4)9-13(2,3)18/h6-7,18H,5,8-9H2,1-4H3,(H,14,15). The smallest absolute Gasteiger partial charge is 0.311 e. The Labute approximate surface area is 118 Å². The minimum atomic E-state index is -0.961. The Balaban J connectivity index is 3.08. The molecule has 20 heavy (non-hydrogen) atoms. The molecule has 0 aliphatic carbocycles. The van der Waals surface area contributed by atoms with Crippen LogP contribution in [0.25, 0.3) is 0 Å². The summed E-state index contributed by atoms with van der Waals surface area (Å²) in [7, 11) is 1.68. The lowest BCUT2D eigenvalue weighted by Crippen LogP contribution is -2.37. The fraction of sp³-hybridized carbons (Fsp3) is 0.615. The van der Waals surface area contributed by atoms with E-state index in [0.717, 1.165) is 13.0 Å². The van der Waals surface area contributed by atoms with Gasteiger partial charge >= 0.3 is 5.69 Å². The second-order valence-electron chi connectivity index (χ2n) is 5.39. The third-order valence-corrected chi connectivity index (χ3v) is 2.59. The number of likely N-dealkylation sites (N-methyl/N-ethyl adjacent to an activating group) is 1. The van der Waals surface area contributed by atoms with Crippen LogP contribution in [0.5, 0.6) is 0 Å². The summed E-state index contributed by atoms with van der Waals surface area (Å²) < 4.78 is 0. The van der Waals surface area contributed by atoms with Gasteiger partial charge in [0, 0.05) is 26.2 Å². The molecule has 2 N–H and O–H groups in total. The van der Waals surface area contributed by atoms with E-state index in [9.17, 15) is 15.2 Å². The van der Waals surface area contributed by atoms with Crippen molar-refractivity contribution in [1.29, 1.82) is 0 Å². The largest absolute Gasteiger partial charge is 0.389 e. The lowest BCUT2D eigenvalue weighted by atomic mass is 10.1.